The summed E-state index contributed by atoms with van der Waals surface area (Å²) in [6, 6.07) is 0. The van der Waals surface area contributed by atoms with Gasteiger partial charge in [-0.05, 0) is 10.4 Å². The Morgan fingerprint density at radius 2 is 2.31 bits per heavy atom. The van der Waals surface area contributed by atoms with Gasteiger partial charge in [-0.1, -0.05) is 5.10 Å². The minimum absolute atomic E-state index is 0.151. The highest BCUT2D eigenvalue weighted by Gasteiger charge is 2.44. The van der Waals surface area contributed by atoms with E-state index in [0.717, 1.165) is 0 Å². The first-order chi connectivity index (χ1) is 6.14. The van der Waals surface area contributed by atoms with Crippen LogP contribution in [0.25, 0.3) is 0 Å². The van der Waals surface area contributed by atoms with Crippen LogP contribution in [0, 0.1) is 0 Å². The van der Waals surface area contributed by atoms with Crippen LogP contribution in [0.2, 0.25) is 0 Å². The lowest BCUT2D eigenvalue weighted by molar-refractivity contribution is 0.0431. The summed E-state index contributed by atoms with van der Waals surface area (Å²) in [6.07, 6.45) is 0. The molecule has 0 unspecified atom stereocenters. The second kappa shape index (κ2) is 2.63. The zero-order valence-corrected chi connectivity index (χ0v) is 7.18. The Bertz CT molecular complexity index is 308. The van der Waals surface area contributed by atoms with Crippen LogP contribution in [0.3, 0.4) is 0 Å². The molecule has 1 N–H and O–H groups in total. The van der Waals surface area contributed by atoms with Gasteiger partial charge in [0, 0.05) is 7.05 Å². The van der Waals surface area contributed by atoms with Crippen molar-refractivity contribution in [2.45, 2.75) is 5.67 Å². The summed E-state index contributed by atoms with van der Waals surface area (Å²) in [5, 5.41) is 19.4. The van der Waals surface area contributed by atoms with Crippen LogP contribution in [0.4, 0.5) is 10.3 Å². The molecule has 0 aromatic carbocycles. The molecule has 2 heterocycles. The second-order valence-electron chi connectivity index (χ2n) is 3.27. The summed E-state index contributed by atoms with van der Waals surface area (Å²) >= 11 is 0. The Morgan fingerprint density at radius 1 is 1.62 bits per heavy atom. The zero-order valence-electron chi connectivity index (χ0n) is 7.18. The number of hydrogen-bond donors (Lipinski definition) is 1. The maximum absolute atomic E-state index is 13.2. The van der Waals surface area contributed by atoms with Crippen molar-refractivity contribution >= 4 is 5.95 Å². The molecule has 72 valence electrons. The number of aliphatic hydroxyl groups is 1. The lowest BCUT2D eigenvalue weighted by atomic mass is 9.98. The molecule has 0 amide bonds. The van der Waals surface area contributed by atoms with Crippen molar-refractivity contribution in [3.8, 4) is 0 Å². The molecule has 0 atom stereocenters. The van der Waals surface area contributed by atoms with Gasteiger partial charge in [-0.3, -0.25) is 0 Å². The molecule has 1 fully saturated rings. The Morgan fingerprint density at radius 3 is 2.77 bits per heavy atom. The summed E-state index contributed by atoms with van der Waals surface area (Å²) in [5.74, 6) is 0.529. The molecule has 0 bridgehead atoms. The number of aromatic nitrogens is 4. The van der Waals surface area contributed by atoms with Gasteiger partial charge in [0.25, 0.3) is 0 Å². The van der Waals surface area contributed by atoms with E-state index in [1.54, 1.807) is 11.9 Å². The van der Waals surface area contributed by atoms with Crippen LogP contribution in [0.15, 0.2) is 0 Å². The molecule has 0 spiro atoms. The predicted octanol–water partition coefficient (Wildman–Crippen LogP) is -1.27. The first-order valence-corrected chi connectivity index (χ1v) is 3.92. The zero-order chi connectivity index (χ0) is 9.47. The van der Waals surface area contributed by atoms with Gasteiger partial charge < -0.3 is 10.0 Å². The average Bonchev–Trinajstić information content (AvgIpc) is 2.46. The Labute approximate surface area is 74.0 Å². The normalized spacial score (nSPS) is 20.1. The largest absolute Gasteiger partial charge is 0.393 e. The minimum Gasteiger partial charge on any atom is -0.393 e. The van der Waals surface area contributed by atoms with E-state index in [4.69, 9.17) is 5.11 Å². The van der Waals surface area contributed by atoms with E-state index in [9.17, 15) is 4.39 Å². The molecule has 0 aliphatic carbocycles. The lowest BCUT2D eigenvalue weighted by Gasteiger charge is -2.43. The van der Waals surface area contributed by atoms with Crippen LogP contribution < -0.4 is 4.90 Å². The number of aliphatic hydroxyl groups excluding tert-OH is 1. The average molecular weight is 187 g/mol. The van der Waals surface area contributed by atoms with Gasteiger partial charge in [0.1, 0.15) is 0 Å². The van der Waals surface area contributed by atoms with E-state index in [1.807, 2.05) is 0 Å². The van der Waals surface area contributed by atoms with Crippen LogP contribution in [0.1, 0.15) is 0 Å². The smallest absolute Gasteiger partial charge is 0.245 e. The van der Waals surface area contributed by atoms with Crippen molar-refractivity contribution in [2.75, 3.05) is 24.6 Å². The second-order valence-corrected chi connectivity index (χ2v) is 3.27. The van der Waals surface area contributed by atoms with Gasteiger partial charge in [-0.15, -0.1) is 0 Å². The first kappa shape index (κ1) is 8.36. The van der Waals surface area contributed by atoms with Crippen LogP contribution in [0.5, 0.6) is 0 Å². The molecule has 6 nitrogen and oxygen atoms in total. The molecular weight excluding hydrogens is 177 g/mol. The number of hydrogen-bond acceptors (Lipinski definition) is 5. The van der Waals surface area contributed by atoms with E-state index in [-0.39, 0.29) is 13.1 Å². The maximum Gasteiger partial charge on any atom is 0.245 e. The number of anilines is 1. The number of alkyl halides is 1. The van der Waals surface area contributed by atoms with Crippen molar-refractivity contribution in [1.29, 1.82) is 0 Å². The summed E-state index contributed by atoms with van der Waals surface area (Å²) in [7, 11) is 1.69. The molecule has 0 radical (unpaired) electrons. The minimum atomic E-state index is -1.48. The van der Waals surface area contributed by atoms with Crippen molar-refractivity contribution in [1.82, 2.24) is 20.2 Å². The highest BCUT2D eigenvalue weighted by molar-refractivity contribution is 5.36. The summed E-state index contributed by atoms with van der Waals surface area (Å²) < 4.78 is 14.7. The molecule has 1 aromatic rings. The molecule has 1 saturated heterocycles. The molecule has 1 aliphatic rings. The van der Waals surface area contributed by atoms with Gasteiger partial charge in [0.15, 0.2) is 5.67 Å². The molecule has 1 aromatic heterocycles. The third-order valence-electron chi connectivity index (χ3n) is 2.11. The fourth-order valence-corrected chi connectivity index (χ4v) is 1.37. The highest BCUT2D eigenvalue weighted by atomic mass is 19.1. The molecule has 1 aliphatic heterocycles. The van der Waals surface area contributed by atoms with E-state index in [0.29, 0.717) is 5.95 Å². The van der Waals surface area contributed by atoms with Gasteiger partial charge in [0.2, 0.25) is 5.95 Å². The SMILES string of the molecule is Cn1nnnc1N1CC(F)(CO)C1. The molecule has 13 heavy (non-hydrogen) atoms. The monoisotopic (exact) mass is 187 g/mol. The molecule has 0 saturated carbocycles. The fraction of sp³-hybridized carbons (Fsp3) is 0.833. The van der Waals surface area contributed by atoms with Crippen LogP contribution >= 0.6 is 0 Å². The van der Waals surface area contributed by atoms with Crippen LogP contribution in [-0.2, 0) is 7.05 Å². The number of halogens is 1. The summed E-state index contributed by atoms with van der Waals surface area (Å²) in [6.45, 7) is -0.149. The topological polar surface area (TPSA) is 67.1 Å². The van der Waals surface area contributed by atoms with Crippen molar-refractivity contribution in [3.63, 3.8) is 0 Å². The third kappa shape index (κ3) is 1.24. The standard InChI is InChI=1S/C6H10FN5O/c1-11-5(8-9-10-11)12-2-6(7,3-12)4-13/h13H,2-4H2,1H3. The fourth-order valence-electron chi connectivity index (χ4n) is 1.37. The quantitative estimate of drug-likeness (QED) is 0.625. The summed E-state index contributed by atoms with van der Waals surface area (Å²) in [4.78, 5) is 1.68. The van der Waals surface area contributed by atoms with Gasteiger partial charge in [-0.2, -0.15) is 0 Å². The van der Waals surface area contributed by atoms with E-state index >= 15 is 0 Å². The predicted molar refractivity (Wildman–Crippen MR) is 41.9 cm³/mol. The van der Waals surface area contributed by atoms with Gasteiger partial charge in [-0.25, -0.2) is 9.07 Å². The Balaban J connectivity index is 2.05. The van der Waals surface area contributed by atoms with Gasteiger partial charge >= 0.3 is 0 Å². The molecule has 2 rings (SSSR count). The van der Waals surface area contributed by atoms with E-state index in [1.165, 1.54) is 4.68 Å². The number of nitrogens with zero attached hydrogens (tertiary/aromatic N) is 5. The van der Waals surface area contributed by atoms with E-state index < -0.39 is 12.3 Å². The Kier molecular flexibility index (Phi) is 1.69. The lowest BCUT2D eigenvalue weighted by Crippen LogP contribution is -2.61. The third-order valence-corrected chi connectivity index (χ3v) is 2.11. The Hall–Kier alpha value is -1.24. The summed E-state index contributed by atoms with van der Waals surface area (Å²) in [5.41, 5.74) is -1.48. The number of aryl methyl sites for hydroxylation is 1. The maximum atomic E-state index is 13.2. The van der Waals surface area contributed by atoms with Crippen molar-refractivity contribution in [2.24, 2.45) is 7.05 Å². The van der Waals surface area contributed by atoms with Gasteiger partial charge in [0.05, 0.1) is 19.7 Å². The van der Waals surface area contributed by atoms with Crippen LogP contribution in [-0.4, -0.2) is 50.7 Å². The molecule has 7 heteroatoms. The number of rotatable bonds is 2. The first-order valence-electron chi connectivity index (χ1n) is 3.92. The molecular formula is C6H10FN5O. The van der Waals surface area contributed by atoms with Crippen molar-refractivity contribution < 1.29 is 9.50 Å². The number of tetrazole rings is 1. The highest BCUT2D eigenvalue weighted by Crippen LogP contribution is 2.27. The van der Waals surface area contributed by atoms with E-state index in [2.05, 4.69) is 15.5 Å². The van der Waals surface area contributed by atoms with Crippen molar-refractivity contribution in [3.05, 3.63) is 0 Å².